The number of ether oxygens (including phenoxy) is 1. The second-order valence-corrected chi connectivity index (χ2v) is 12.4. The number of carbonyl (C=O) groups excluding carboxylic acids is 1. The first-order valence-corrected chi connectivity index (χ1v) is 15.5. The van der Waals surface area contributed by atoms with Crippen molar-refractivity contribution < 1.29 is 13.9 Å². The minimum absolute atomic E-state index is 0.0390. The summed E-state index contributed by atoms with van der Waals surface area (Å²) in [6.07, 6.45) is 4.30. The van der Waals surface area contributed by atoms with E-state index in [4.69, 9.17) is 21.3 Å². The van der Waals surface area contributed by atoms with Crippen LogP contribution in [0.4, 0.5) is 10.1 Å². The highest BCUT2D eigenvalue weighted by atomic mass is 35.5. The molecule has 3 atom stereocenters. The van der Waals surface area contributed by atoms with Crippen LogP contribution in [-0.2, 0) is 11.2 Å². The van der Waals surface area contributed by atoms with Crippen LogP contribution in [-0.4, -0.2) is 72.1 Å². The van der Waals surface area contributed by atoms with Crippen LogP contribution in [0.2, 0.25) is 5.02 Å². The molecule has 0 N–H and O–H groups in total. The lowest BCUT2D eigenvalue weighted by Crippen LogP contribution is -2.63. The molecule has 3 aliphatic heterocycles. The van der Waals surface area contributed by atoms with E-state index in [9.17, 15) is 10.1 Å². The van der Waals surface area contributed by atoms with E-state index in [0.717, 1.165) is 42.3 Å². The maximum Gasteiger partial charge on any atom is 0.246 e. The highest BCUT2D eigenvalue weighted by molar-refractivity contribution is 6.36. The Kier molecular flexibility index (Phi) is 7.39. The van der Waals surface area contributed by atoms with Crippen LogP contribution >= 0.6 is 11.6 Å². The molecule has 0 aliphatic carbocycles. The summed E-state index contributed by atoms with van der Waals surface area (Å²) < 4.78 is 23.2. The lowest BCUT2D eigenvalue weighted by molar-refractivity contribution is -0.127. The second-order valence-electron chi connectivity index (χ2n) is 11.9. The van der Waals surface area contributed by atoms with E-state index in [2.05, 4.69) is 29.5 Å². The lowest BCUT2D eigenvalue weighted by atomic mass is 9.91. The van der Waals surface area contributed by atoms with Gasteiger partial charge in [0.05, 0.1) is 35.8 Å². The summed E-state index contributed by atoms with van der Waals surface area (Å²) in [5.41, 5.74) is 2.70. The van der Waals surface area contributed by atoms with Crippen LogP contribution < -0.4 is 9.64 Å². The van der Waals surface area contributed by atoms with E-state index in [-0.39, 0.29) is 36.0 Å². The van der Waals surface area contributed by atoms with Crippen LogP contribution in [0, 0.1) is 17.1 Å². The molecule has 4 aromatic rings. The molecule has 0 spiro atoms. The van der Waals surface area contributed by atoms with E-state index < -0.39 is 5.82 Å². The Hall–Kier alpha value is -4.19. The molecule has 4 heterocycles. The van der Waals surface area contributed by atoms with E-state index in [1.54, 1.807) is 6.07 Å². The Balaban J connectivity index is 1.39. The molecule has 224 valence electrons. The molecule has 0 saturated carbocycles. The number of fused-ring (bicyclic) bond motifs is 3. The average molecular weight is 610 g/mol. The first-order valence-electron chi connectivity index (χ1n) is 15.1. The highest BCUT2D eigenvalue weighted by Crippen LogP contribution is 2.46. The van der Waals surface area contributed by atoms with Gasteiger partial charge in [0, 0.05) is 40.5 Å². The van der Waals surface area contributed by atoms with Gasteiger partial charge < -0.3 is 19.4 Å². The van der Waals surface area contributed by atoms with Gasteiger partial charge in [0.1, 0.15) is 12.1 Å². The Morgan fingerprint density at radius 1 is 1.16 bits per heavy atom. The third-order valence-corrected chi connectivity index (χ3v) is 9.97. The molecule has 7 nitrogen and oxygen atoms in total. The fourth-order valence-electron chi connectivity index (χ4n) is 7.34. The number of carbonyl (C=O) groups is 1. The second kappa shape index (κ2) is 11.4. The number of aromatic nitrogens is 1. The van der Waals surface area contributed by atoms with Crippen LogP contribution in [0.25, 0.3) is 32.8 Å². The number of nitrogens with zero attached hydrogens (tertiary/aromatic N) is 5. The molecule has 0 unspecified atom stereocenters. The number of nitriles is 1. The van der Waals surface area contributed by atoms with E-state index >= 15 is 4.39 Å². The minimum atomic E-state index is -0.463. The van der Waals surface area contributed by atoms with Gasteiger partial charge in [0.25, 0.3) is 0 Å². The van der Waals surface area contributed by atoms with Crippen LogP contribution in [0.3, 0.4) is 0 Å². The molecule has 1 amide bonds. The van der Waals surface area contributed by atoms with Crippen molar-refractivity contribution in [2.45, 2.75) is 43.8 Å². The first-order chi connectivity index (χ1) is 21.4. The molecule has 3 aliphatic rings. The molecule has 9 heteroatoms. The third-order valence-electron chi connectivity index (χ3n) is 9.65. The van der Waals surface area contributed by atoms with Crippen molar-refractivity contribution in [3.63, 3.8) is 0 Å². The average Bonchev–Trinajstić information content (AvgIpc) is 3.58. The topological polar surface area (TPSA) is 72.7 Å². The normalized spacial score (nSPS) is 21.4. The molecule has 44 heavy (non-hydrogen) atoms. The highest BCUT2D eigenvalue weighted by Gasteiger charge is 2.49. The number of hydrogen-bond donors (Lipinski definition) is 0. The summed E-state index contributed by atoms with van der Waals surface area (Å²) >= 11 is 6.63. The minimum Gasteiger partial charge on any atom is -0.476 e. The molecule has 0 bridgehead atoms. The first kappa shape index (κ1) is 28.6. The quantitative estimate of drug-likeness (QED) is 0.227. The number of rotatable bonds is 7. The van der Waals surface area contributed by atoms with Crippen molar-refractivity contribution in [3.05, 3.63) is 77.6 Å². The number of likely N-dealkylation sites (tertiary alicyclic amines) is 2. The zero-order valence-electron chi connectivity index (χ0n) is 24.6. The number of likely N-dealkylation sites (N-methyl/N-ethyl adjacent to an activating group) is 1. The SMILES string of the molecule is C=CC(=O)N1CC[C@@H]2[C@H]1CN2c1c(CC#N)c(OC[C@@H]2CCCN2C)nc2c(F)c(-c3cccc4cccc(Cl)c34)ccc12. The lowest BCUT2D eigenvalue weighted by Gasteiger charge is -2.49. The molecule has 3 fully saturated rings. The van der Waals surface area contributed by atoms with Gasteiger partial charge in [-0.15, -0.1) is 0 Å². The summed E-state index contributed by atoms with van der Waals surface area (Å²) in [6, 6.07) is 17.7. The monoisotopic (exact) mass is 609 g/mol. The number of benzene rings is 3. The summed E-state index contributed by atoms with van der Waals surface area (Å²) in [5.74, 6) is -0.251. The fourth-order valence-corrected chi connectivity index (χ4v) is 7.63. The van der Waals surface area contributed by atoms with E-state index in [1.165, 1.54) is 6.08 Å². The Morgan fingerprint density at radius 2 is 1.98 bits per heavy atom. The molecule has 1 aromatic heterocycles. The van der Waals surface area contributed by atoms with Crippen molar-refractivity contribution in [1.29, 1.82) is 5.26 Å². The molecular weight excluding hydrogens is 577 g/mol. The standard InChI is InChI=1S/C35H33ClFN5O2/c1-3-30(43)41-18-15-28-29(41)19-42(28)34-25-13-12-24(23-10-4-7-21-8-5-11-27(36)31(21)23)32(37)33(25)39-35(26(34)14-16-38)44-20-22-9-6-17-40(22)2/h3-5,7-8,10-13,22,28-29H,1,6,9,14-15,17-20H2,2H3/t22-,28+,29+/m0/s1. The van der Waals surface area contributed by atoms with Crippen molar-refractivity contribution in [3.8, 4) is 23.1 Å². The van der Waals surface area contributed by atoms with Gasteiger partial charge in [-0.25, -0.2) is 9.37 Å². The van der Waals surface area contributed by atoms with Gasteiger partial charge in [-0.1, -0.05) is 54.6 Å². The van der Waals surface area contributed by atoms with Gasteiger partial charge >= 0.3 is 0 Å². The van der Waals surface area contributed by atoms with Gasteiger partial charge in [-0.3, -0.25) is 4.79 Å². The Morgan fingerprint density at radius 3 is 2.73 bits per heavy atom. The predicted molar refractivity (Wildman–Crippen MR) is 172 cm³/mol. The van der Waals surface area contributed by atoms with Crippen LogP contribution in [0.1, 0.15) is 24.8 Å². The number of amides is 1. The largest absolute Gasteiger partial charge is 0.476 e. The maximum absolute atomic E-state index is 16.8. The van der Waals surface area contributed by atoms with Crippen molar-refractivity contribution in [1.82, 2.24) is 14.8 Å². The van der Waals surface area contributed by atoms with E-state index in [0.29, 0.717) is 52.7 Å². The molecule has 3 aromatic carbocycles. The molecule has 3 saturated heterocycles. The predicted octanol–water partition coefficient (Wildman–Crippen LogP) is 6.36. The van der Waals surface area contributed by atoms with E-state index in [1.807, 2.05) is 47.4 Å². The number of pyridine rings is 1. The summed E-state index contributed by atoms with van der Waals surface area (Å²) in [5, 5.41) is 12.8. The van der Waals surface area contributed by atoms with Crippen molar-refractivity contribution in [2.75, 3.05) is 38.2 Å². The molecule has 7 rings (SSSR count). The van der Waals surface area contributed by atoms with Gasteiger partial charge in [-0.05, 0) is 62.0 Å². The summed E-state index contributed by atoms with van der Waals surface area (Å²) in [7, 11) is 2.08. The van der Waals surface area contributed by atoms with Gasteiger partial charge in [-0.2, -0.15) is 5.26 Å². The Bertz CT molecular complexity index is 1850. The zero-order valence-corrected chi connectivity index (χ0v) is 25.4. The summed E-state index contributed by atoms with van der Waals surface area (Å²) in [4.78, 5) is 23.6. The Labute approximate surface area is 261 Å². The van der Waals surface area contributed by atoms with Gasteiger partial charge in [0.15, 0.2) is 5.82 Å². The summed E-state index contributed by atoms with van der Waals surface area (Å²) in [6.45, 7) is 6.27. The number of halogens is 2. The number of anilines is 1. The zero-order chi connectivity index (χ0) is 30.5. The smallest absolute Gasteiger partial charge is 0.246 e. The van der Waals surface area contributed by atoms with Crippen molar-refractivity contribution >= 4 is 44.9 Å². The third kappa shape index (κ3) is 4.58. The van der Waals surface area contributed by atoms with Crippen LogP contribution in [0.5, 0.6) is 5.88 Å². The maximum atomic E-state index is 16.8. The molecule has 0 radical (unpaired) electrons. The van der Waals surface area contributed by atoms with Crippen molar-refractivity contribution in [2.24, 2.45) is 0 Å². The molecular formula is C35H33ClFN5O2. The fraction of sp³-hybridized carbons (Fsp3) is 0.343. The van der Waals surface area contributed by atoms with Crippen LogP contribution in [0.15, 0.2) is 61.2 Å². The van der Waals surface area contributed by atoms with Gasteiger partial charge in [0.2, 0.25) is 11.8 Å². The number of hydrogen-bond acceptors (Lipinski definition) is 6.